The average molecular weight is 233 g/mol. The van der Waals surface area contributed by atoms with Crippen molar-refractivity contribution in [1.29, 1.82) is 0 Å². The minimum atomic E-state index is -0.394. The second-order valence-corrected chi connectivity index (χ2v) is 4.35. The van der Waals surface area contributed by atoms with E-state index in [1.807, 2.05) is 22.8 Å². The number of aromatic nitrogens is 2. The van der Waals surface area contributed by atoms with Crippen molar-refractivity contribution < 1.29 is 4.92 Å². The summed E-state index contributed by atoms with van der Waals surface area (Å²) in [4.78, 5) is 15.6. The van der Waals surface area contributed by atoms with Gasteiger partial charge in [0.25, 0.3) is 5.69 Å². The van der Waals surface area contributed by atoms with Gasteiger partial charge in [-0.2, -0.15) is 0 Å². The van der Waals surface area contributed by atoms with Crippen molar-refractivity contribution in [2.24, 2.45) is 0 Å². The first kappa shape index (κ1) is 9.29. The summed E-state index contributed by atoms with van der Waals surface area (Å²) in [7, 11) is 0. The topological polar surface area (TPSA) is 60.4 Å². The lowest BCUT2D eigenvalue weighted by molar-refractivity contribution is -0.383. The van der Waals surface area contributed by atoms with Gasteiger partial charge in [-0.15, -0.1) is 11.3 Å². The molecule has 0 unspecified atom stereocenters. The van der Waals surface area contributed by atoms with Crippen LogP contribution in [0.1, 0.15) is 5.69 Å². The summed E-state index contributed by atoms with van der Waals surface area (Å²) >= 11 is 1.49. The molecule has 0 saturated carbocycles. The first-order valence-electron chi connectivity index (χ1n) is 4.68. The Hall–Kier alpha value is -1.95. The van der Waals surface area contributed by atoms with E-state index in [0.717, 1.165) is 16.2 Å². The number of non-ortho nitro benzene ring substituents is 1. The molecule has 0 bridgehead atoms. The van der Waals surface area contributed by atoms with Gasteiger partial charge in [-0.05, 0) is 13.0 Å². The minimum Gasteiger partial charge on any atom is -0.287 e. The fourth-order valence-electron chi connectivity index (χ4n) is 1.82. The van der Waals surface area contributed by atoms with E-state index in [9.17, 15) is 10.1 Å². The largest absolute Gasteiger partial charge is 0.297 e. The van der Waals surface area contributed by atoms with Crippen LogP contribution in [0.2, 0.25) is 0 Å². The van der Waals surface area contributed by atoms with E-state index >= 15 is 0 Å². The van der Waals surface area contributed by atoms with Gasteiger partial charge in [0.2, 0.25) is 0 Å². The van der Waals surface area contributed by atoms with E-state index < -0.39 is 4.92 Å². The molecule has 0 radical (unpaired) electrons. The van der Waals surface area contributed by atoms with Crippen molar-refractivity contribution >= 4 is 33.0 Å². The lowest BCUT2D eigenvalue weighted by Gasteiger charge is -1.94. The molecule has 3 rings (SSSR count). The Labute approximate surface area is 94.1 Å². The molecule has 0 aliphatic rings. The quantitative estimate of drug-likeness (QED) is 0.479. The Balaban J connectivity index is 2.54. The van der Waals surface area contributed by atoms with Crippen LogP contribution < -0.4 is 0 Å². The summed E-state index contributed by atoms with van der Waals surface area (Å²) in [6.45, 7) is 1.96. The van der Waals surface area contributed by atoms with Crippen molar-refractivity contribution in [1.82, 2.24) is 9.38 Å². The molecule has 1 aromatic carbocycles. The van der Waals surface area contributed by atoms with Crippen LogP contribution in [0.4, 0.5) is 5.69 Å². The van der Waals surface area contributed by atoms with Gasteiger partial charge < -0.3 is 0 Å². The molecule has 0 fully saturated rings. The summed E-state index contributed by atoms with van der Waals surface area (Å²) in [6, 6.07) is 5.02. The maximum Gasteiger partial charge on any atom is 0.297 e. The molecule has 6 heteroatoms. The second-order valence-electron chi connectivity index (χ2n) is 3.51. The highest BCUT2D eigenvalue weighted by Crippen LogP contribution is 2.28. The molecular formula is C10H7N3O2S. The van der Waals surface area contributed by atoms with Crippen LogP contribution in [-0.2, 0) is 0 Å². The number of hydrogen-bond donors (Lipinski definition) is 0. The van der Waals surface area contributed by atoms with Gasteiger partial charge in [0.05, 0.1) is 10.4 Å². The first-order chi connectivity index (χ1) is 7.68. The van der Waals surface area contributed by atoms with Crippen LogP contribution in [0.3, 0.4) is 0 Å². The highest BCUT2D eigenvalue weighted by Gasteiger charge is 2.17. The Morgan fingerprint density at radius 1 is 1.50 bits per heavy atom. The standard InChI is InChI=1S/C10H7N3O2S/c1-6-5-16-10-11-9-7(12(6)10)3-2-4-8(9)13(14)15/h2-5H,1H3. The maximum absolute atomic E-state index is 10.9. The third kappa shape index (κ3) is 1.07. The van der Waals surface area contributed by atoms with Crippen LogP contribution in [0.25, 0.3) is 16.0 Å². The van der Waals surface area contributed by atoms with Gasteiger partial charge >= 0.3 is 0 Å². The lowest BCUT2D eigenvalue weighted by atomic mass is 10.3. The second kappa shape index (κ2) is 3.02. The van der Waals surface area contributed by atoms with Gasteiger partial charge in [0.1, 0.15) is 0 Å². The Kier molecular flexibility index (Phi) is 1.75. The minimum absolute atomic E-state index is 0.0628. The molecule has 0 atom stereocenters. The van der Waals surface area contributed by atoms with Crippen LogP contribution in [0, 0.1) is 17.0 Å². The molecule has 2 aromatic heterocycles. The lowest BCUT2D eigenvalue weighted by Crippen LogP contribution is -1.89. The van der Waals surface area contributed by atoms with E-state index in [4.69, 9.17) is 0 Å². The summed E-state index contributed by atoms with van der Waals surface area (Å²) in [5.74, 6) is 0. The molecule has 0 N–H and O–H groups in total. The van der Waals surface area contributed by atoms with E-state index in [2.05, 4.69) is 4.98 Å². The molecule has 0 spiro atoms. The first-order valence-corrected chi connectivity index (χ1v) is 5.56. The van der Waals surface area contributed by atoms with E-state index in [0.29, 0.717) is 5.52 Å². The molecule has 5 nitrogen and oxygen atoms in total. The van der Waals surface area contributed by atoms with Crippen molar-refractivity contribution in [3.8, 4) is 0 Å². The fourth-order valence-corrected chi connectivity index (χ4v) is 2.69. The summed E-state index contributed by atoms with van der Waals surface area (Å²) in [6.07, 6.45) is 0. The zero-order chi connectivity index (χ0) is 11.3. The van der Waals surface area contributed by atoms with Gasteiger partial charge in [-0.3, -0.25) is 14.5 Å². The normalized spacial score (nSPS) is 11.3. The molecular weight excluding hydrogens is 226 g/mol. The number of fused-ring (bicyclic) bond motifs is 3. The summed E-state index contributed by atoms with van der Waals surface area (Å²) in [5.41, 5.74) is 2.36. The van der Waals surface area contributed by atoms with E-state index in [-0.39, 0.29) is 5.69 Å². The van der Waals surface area contributed by atoms with E-state index in [1.54, 1.807) is 6.07 Å². The molecule has 2 heterocycles. The number of benzene rings is 1. The third-order valence-electron chi connectivity index (χ3n) is 2.52. The predicted molar refractivity (Wildman–Crippen MR) is 62.0 cm³/mol. The summed E-state index contributed by atoms with van der Waals surface area (Å²) < 4.78 is 1.94. The molecule has 0 aliphatic carbocycles. The average Bonchev–Trinajstić information content (AvgIpc) is 2.78. The van der Waals surface area contributed by atoms with Crippen molar-refractivity contribution in [3.63, 3.8) is 0 Å². The monoisotopic (exact) mass is 233 g/mol. The van der Waals surface area contributed by atoms with Crippen LogP contribution in [-0.4, -0.2) is 14.3 Å². The molecule has 0 amide bonds. The number of aryl methyl sites for hydroxylation is 1. The number of para-hydroxylation sites is 1. The molecule has 3 aromatic rings. The third-order valence-corrected chi connectivity index (χ3v) is 3.46. The van der Waals surface area contributed by atoms with Crippen molar-refractivity contribution in [2.45, 2.75) is 6.92 Å². The number of nitro groups is 1. The number of nitro benzene ring substituents is 1. The van der Waals surface area contributed by atoms with Crippen molar-refractivity contribution in [3.05, 3.63) is 39.4 Å². The zero-order valence-corrected chi connectivity index (χ0v) is 9.19. The van der Waals surface area contributed by atoms with Crippen LogP contribution in [0.5, 0.6) is 0 Å². The Bertz CT molecular complexity index is 713. The van der Waals surface area contributed by atoms with Crippen LogP contribution in [0.15, 0.2) is 23.6 Å². The Morgan fingerprint density at radius 3 is 3.06 bits per heavy atom. The SMILES string of the molecule is Cc1csc2nc3c([N+](=O)[O-])cccc3n12. The van der Waals surface area contributed by atoms with Gasteiger partial charge in [0.15, 0.2) is 10.5 Å². The molecule has 0 saturated heterocycles. The van der Waals surface area contributed by atoms with Gasteiger partial charge in [-0.25, -0.2) is 4.98 Å². The number of rotatable bonds is 1. The molecule has 16 heavy (non-hydrogen) atoms. The summed E-state index contributed by atoms with van der Waals surface area (Å²) in [5, 5.41) is 12.8. The number of thiazole rings is 1. The zero-order valence-electron chi connectivity index (χ0n) is 8.38. The molecule has 0 aliphatic heterocycles. The van der Waals surface area contributed by atoms with E-state index in [1.165, 1.54) is 17.4 Å². The predicted octanol–water partition coefficient (Wildman–Crippen LogP) is 2.77. The maximum atomic E-state index is 10.9. The fraction of sp³-hybridized carbons (Fsp3) is 0.100. The highest BCUT2D eigenvalue weighted by atomic mass is 32.1. The smallest absolute Gasteiger partial charge is 0.287 e. The Morgan fingerprint density at radius 2 is 2.31 bits per heavy atom. The highest BCUT2D eigenvalue weighted by molar-refractivity contribution is 7.15. The number of nitrogens with zero attached hydrogens (tertiary/aromatic N) is 3. The van der Waals surface area contributed by atoms with Crippen LogP contribution >= 0.6 is 11.3 Å². The van der Waals surface area contributed by atoms with Crippen molar-refractivity contribution in [2.75, 3.05) is 0 Å². The van der Waals surface area contributed by atoms with Gasteiger partial charge in [0, 0.05) is 17.1 Å². The molecule has 80 valence electrons. The number of imidazole rings is 1. The van der Waals surface area contributed by atoms with Gasteiger partial charge in [-0.1, -0.05) is 6.07 Å². The number of hydrogen-bond acceptors (Lipinski definition) is 4.